The van der Waals surface area contributed by atoms with Crippen LogP contribution in [-0.4, -0.2) is 85.4 Å². The lowest BCUT2D eigenvalue weighted by molar-refractivity contribution is -0.197. The molecule has 2 N–H and O–H groups in total. The van der Waals surface area contributed by atoms with E-state index in [1.807, 2.05) is 7.85 Å². The lowest BCUT2D eigenvalue weighted by Gasteiger charge is -2.21. The van der Waals surface area contributed by atoms with Crippen molar-refractivity contribution in [2.75, 3.05) is 5.75 Å². The molecule has 0 spiro atoms. The zero-order valence-corrected chi connectivity index (χ0v) is 21.1. The number of carbonyl (C=O) groups is 3. The van der Waals surface area contributed by atoms with E-state index in [1.54, 1.807) is 23.5 Å². The fraction of sp³-hybridized carbons (Fsp3) is 0.250. The lowest BCUT2D eigenvalue weighted by Crippen LogP contribution is -2.39. The quantitative estimate of drug-likeness (QED) is 0.152. The van der Waals surface area contributed by atoms with Gasteiger partial charge in [0.2, 0.25) is 6.10 Å². The molecule has 0 aliphatic carbocycles. The van der Waals surface area contributed by atoms with Gasteiger partial charge in [0.05, 0.1) is 16.7 Å². The van der Waals surface area contributed by atoms with Gasteiger partial charge in [-0.25, -0.2) is 14.4 Å². The van der Waals surface area contributed by atoms with Crippen LogP contribution in [-0.2, 0) is 27.5 Å². The zero-order valence-electron chi connectivity index (χ0n) is 20.3. The van der Waals surface area contributed by atoms with Crippen molar-refractivity contribution in [1.29, 1.82) is 0 Å². The van der Waals surface area contributed by atoms with Gasteiger partial charge in [-0.1, -0.05) is 29.1 Å². The fourth-order valence-corrected chi connectivity index (χ4v) is 4.65. The number of carboxylic acids is 1. The highest BCUT2D eigenvalue weighted by atomic mass is 32.2. The number of hydrogen-bond acceptors (Lipinski definition) is 7. The Labute approximate surface area is 214 Å². The normalized spacial score (nSPS) is 12.5. The number of hydrogen-bond donors (Lipinski definition) is 2. The predicted octanol–water partition coefficient (Wildman–Crippen LogP) is -2.64. The van der Waals surface area contributed by atoms with Crippen molar-refractivity contribution in [3.63, 3.8) is 0 Å². The Balaban J connectivity index is 2.35. The molecule has 2 aromatic rings. The van der Waals surface area contributed by atoms with Crippen LogP contribution < -0.4 is 15.7 Å². The molecule has 0 saturated carbocycles. The van der Waals surface area contributed by atoms with E-state index >= 15 is 0 Å². The summed E-state index contributed by atoms with van der Waals surface area (Å²) < 4.78 is 78.9. The van der Waals surface area contributed by atoms with Crippen LogP contribution in [0.4, 0.5) is 13.2 Å². The highest BCUT2D eigenvalue weighted by Gasteiger charge is 2.45. The fourth-order valence-electron chi connectivity index (χ4n) is 4.01. The van der Waals surface area contributed by atoms with Crippen LogP contribution in [0.15, 0.2) is 24.3 Å². The van der Waals surface area contributed by atoms with Crippen LogP contribution in [0.1, 0.15) is 42.2 Å². The van der Waals surface area contributed by atoms with Gasteiger partial charge in [0, 0.05) is 0 Å². The molecule has 9 nitrogen and oxygen atoms in total. The molecule has 0 bridgehead atoms. The van der Waals surface area contributed by atoms with Crippen LogP contribution in [0.25, 0.3) is 0 Å². The molecule has 2 rings (SSSR count). The Morgan fingerprint density at radius 2 is 1.46 bits per heavy atom. The van der Waals surface area contributed by atoms with E-state index in [4.69, 9.17) is 9.29 Å². The van der Waals surface area contributed by atoms with Gasteiger partial charge in [-0.3, -0.25) is 4.55 Å². The molecule has 0 fully saturated rings. The maximum Gasteiger partial charge on any atom is 0.426 e. The Morgan fingerprint density at radius 1 is 0.919 bits per heavy atom. The molecular weight excluding hydrogens is 517 g/mol. The summed E-state index contributed by atoms with van der Waals surface area (Å²) in [5.74, 6) is -5.83. The molecule has 0 heterocycles. The average Bonchev–Trinajstić information content (AvgIpc) is 2.77. The van der Waals surface area contributed by atoms with E-state index < -0.39 is 51.6 Å². The van der Waals surface area contributed by atoms with Crippen LogP contribution in [0.5, 0.6) is 5.75 Å². The van der Waals surface area contributed by atoms with E-state index in [1.165, 1.54) is 0 Å². The molecule has 1 atom stereocenters. The van der Waals surface area contributed by atoms with E-state index in [0.717, 1.165) is 35.3 Å². The number of alkyl halides is 3. The number of carbonyl (C=O) groups excluding carboxylic acids is 2. The predicted molar refractivity (Wildman–Crippen MR) is 137 cm³/mol. The molecule has 37 heavy (non-hydrogen) atoms. The van der Waals surface area contributed by atoms with Crippen LogP contribution in [0, 0.1) is 0 Å². The molecule has 0 aliphatic rings. The summed E-state index contributed by atoms with van der Waals surface area (Å²) in [7, 11) is 1.90. The van der Waals surface area contributed by atoms with Crippen LogP contribution in [0.2, 0.25) is 0 Å². The molecule has 0 aromatic heterocycles. The number of carboxylic acid groups (broad SMARTS) is 1. The van der Waals surface area contributed by atoms with Gasteiger partial charge in [-0.2, -0.15) is 21.6 Å². The van der Waals surface area contributed by atoms with Crippen molar-refractivity contribution in [2.45, 2.75) is 24.9 Å². The summed E-state index contributed by atoms with van der Waals surface area (Å²) in [6.45, 7) is 0. The summed E-state index contributed by atoms with van der Waals surface area (Å²) in [6.07, 6.45) is -7.47. The molecule has 0 radical (unpaired) electrons. The molecule has 0 amide bonds. The zero-order chi connectivity index (χ0) is 28.3. The summed E-state index contributed by atoms with van der Waals surface area (Å²) in [6, 6.07) is 4.10. The van der Waals surface area contributed by atoms with Crippen molar-refractivity contribution < 1.29 is 55.1 Å². The van der Waals surface area contributed by atoms with Crippen LogP contribution in [0.3, 0.4) is 0 Å². The number of aromatic carboxylic acids is 1. The van der Waals surface area contributed by atoms with Gasteiger partial charge in [-0.05, 0) is 29.8 Å². The van der Waals surface area contributed by atoms with Crippen molar-refractivity contribution in [3.05, 3.63) is 52.1 Å². The Morgan fingerprint density at radius 3 is 1.89 bits per heavy atom. The minimum atomic E-state index is -5.26. The number of halogens is 3. The first kappa shape index (κ1) is 30.0. The Kier molecular flexibility index (Phi) is 9.31. The molecule has 1 unspecified atom stereocenters. The summed E-state index contributed by atoms with van der Waals surface area (Å²) >= 11 is 0. The summed E-state index contributed by atoms with van der Waals surface area (Å²) in [5, 5.41) is 9.80. The Bertz CT molecular complexity index is 1330. The number of rotatable bonds is 9. The van der Waals surface area contributed by atoms with Gasteiger partial charge in [0.1, 0.15) is 42.9 Å². The number of esters is 2. The number of benzene rings is 2. The number of ether oxygens (including phenoxy) is 2. The Hall–Kier alpha value is -3.19. The average molecular weight is 538 g/mol. The maximum absolute atomic E-state index is 13.0. The van der Waals surface area contributed by atoms with Crippen molar-refractivity contribution in [2.24, 2.45) is 0 Å². The van der Waals surface area contributed by atoms with E-state index in [9.17, 15) is 41.1 Å². The minimum absolute atomic E-state index is 0.121. The molecule has 194 valence electrons. The lowest BCUT2D eigenvalue weighted by atomic mass is 9.68. The van der Waals surface area contributed by atoms with Gasteiger partial charge in [0.15, 0.2) is 0 Å². The van der Waals surface area contributed by atoms with E-state index in [-0.39, 0.29) is 16.9 Å². The first-order valence-electron chi connectivity index (χ1n) is 10.9. The van der Waals surface area contributed by atoms with Crippen molar-refractivity contribution in [1.82, 2.24) is 0 Å². The molecule has 17 heteroatoms. The van der Waals surface area contributed by atoms with Gasteiger partial charge >= 0.3 is 24.1 Å². The monoisotopic (exact) mass is 538 g/mol. The van der Waals surface area contributed by atoms with Gasteiger partial charge in [0.25, 0.3) is 10.1 Å². The smallest absolute Gasteiger partial charge is 0.426 e. The van der Waals surface area contributed by atoms with Gasteiger partial charge in [-0.15, -0.1) is 0 Å². The third kappa shape index (κ3) is 7.19. The highest BCUT2D eigenvalue weighted by Crippen LogP contribution is 2.26. The topological polar surface area (TPSA) is 144 Å². The molecule has 0 aliphatic heterocycles. The second kappa shape index (κ2) is 11.5. The largest absolute Gasteiger partial charge is 0.478 e. The summed E-state index contributed by atoms with van der Waals surface area (Å²) in [5.41, 5.74) is 1.76. The standard InChI is InChI=1S/C20H21B4F3O9S/c21-5-10-13(14(17(28)29)16(24)11(6-22)15(10)23)19(31)35-9-3-1-8(2-4-9)18(30)36-12(20(25,26)27)7-37(32,33)34/h1-4,12H,5-7,21-24H2,(H,28,29)(H,32,33,34). The second-order valence-electron chi connectivity index (χ2n) is 8.07. The van der Waals surface area contributed by atoms with E-state index in [2.05, 4.69) is 4.74 Å². The molecular formula is C20H21B4F3O9S. The van der Waals surface area contributed by atoms with Gasteiger partial charge < -0.3 is 14.6 Å². The first-order valence-corrected chi connectivity index (χ1v) is 12.6. The third-order valence-electron chi connectivity index (χ3n) is 5.69. The van der Waals surface area contributed by atoms with Crippen molar-refractivity contribution >= 4 is 70.3 Å². The molecule has 2 aromatic carbocycles. The second-order valence-corrected chi connectivity index (χ2v) is 9.56. The SMILES string of the molecule is BCc1c(B)c(CB)c(C(=O)Oc2ccc(C(=O)OC(CS(=O)(=O)O)C(F)(F)F)cc2)c(C(=O)O)c1B. The van der Waals surface area contributed by atoms with Crippen LogP contribution >= 0.6 is 0 Å². The molecule has 0 saturated heterocycles. The first-order chi connectivity index (χ1) is 17.0. The van der Waals surface area contributed by atoms with E-state index in [0.29, 0.717) is 23.7 Å². The maximum atomic E-state index is 13.0. The summed E-state index contributed by atoms with van der Waals surface area (Å²) in [4.78, 5) is 37.2. The minimum Gasteiger partial charge on any atom is -0.478 e. The highest BCUT2D eigenvalue weighted by molar-refractivity contribution is 7.85. The van der Waals surface area contributed by atoms with Crippen molar-refractivity contribution in [3.8, 4) is 5.75 Å². The third-order valence-corrected chi connectivity index (χ3v) is 6.41.